The minimum Gasteiger partial charge on any atom is -0.369 e. The lowest BCUT2D eigenvalue weighted by Crippen LogP contribution is -2.41. The van der Waals surface area contributed by atoms with Crippen molar-refractivity contribution in [2.45, 2.75) is 26.8 Å². The van der Waals surface area contributed by atoms with E-state index in [2.05, 4.69) is 0 Å². The molecule has 2 N–H and O–H groups in total. The van der Waals surface area contributed by atoms with Gasteiger partial charge in [0.1, 0.15) is 0 Å². The first-order valence-electron chi connectivity index (χ1n) is 6.02. The summed E-state index contributed by atoms with van der Waals surface area (Å²) in [4.78, 5) is 24.8. The van der Waals surface area contributed by atoms with Gasteiger partial charge in [-0.05, 0) is 20.8 Å². The zero-order valence-electron chi connectivity index (χ0n) is 11.1. The van der Waals surface area contributed by atoms with Gasteiger partial charge in [-0.1, -0.05) is 29.8 Å². The van der Waals surface area contributed by atoms with E-state index in [0.717, 1.165) is 5.56 Å². The summed E-state index contributed by atoms with van der Waals surface area (Å²) in [6.07, 6.45) is 0. The van der Waals surface area contributed by atoms with E-state index in [1.807, 2.05) is 32.9 Å². The van der Waals surface area contributed by atoms with E-state index in [-0.39, 0.29) is 24.9 Å². The summed E-state index contributed by atoms with van der Waals surface area (Å²) in [5.74, 6) is -0.412. The Hall–Kier alpha value is -1.68. The molecule has 0 spiro atoms. The Morgan fingerprint density at radius 3 is 2.17 bits per heavy atom. The molecule has 1 aromatic carbocycles. The maximum atomic E-state index is 12.1. The van der Waals surface area contributed by atoms with Crippen LogP contribution in [0.2, 0.25) is 0 Å². The lowest BCUT2D eigenvalue weighted by molar-refractivity contribution is -0.119. The molecule has 1 rings (SSSR count). The molecule has 0 aliphatic carbocycles. The monoisotopic (exact) mass is 248 g/mol. The molecule has 4 heteroatoms. The summed E-state index contributed by atoms with van der Waals surface area (Å²) in [6.45, 7) is 6.16. The molecular formula is C14H20N2O2. The number of hydrogen-bond acceptors (Lipinski definition) is 3. The normalized spacial score (nSPS) is 10.9. The van der Waals surface area contributed by atoms with Gasteiger partial charge >= 0.3 is 0 Å². The highest BCUT2D eigenvalue weighted by Gasteiger charge is 2.16. The first-order valence-corrected chi connectivity index (χ1v) is 6.02. The molecule has 0 fully saturated rings. The van der Waals surface area contributed by atoms with E-state index in [9.17, 15) is 9.59 Å². The van der Waals surface area contributed by atoms with Crippen LogP contribution in [0, 0.1) is 6.92 Å². The molecule has 18 heavy (non-hydrogen) atoms. The fourth-order valence-corrected chi connectivity index (χ4v) is 1.64. The van der Waals surface area contributed by atoms with Gasteiger partial charge in [0.05, 0.1) is 13.1 Å². The highest BCUT2D eigenvalue weighted by atomic mass is 16.1. The van der Waals surface area contributed by atoms with Gasteiger partial charge in [0.25, 0.3) is 0 Å². The maximum Gasteiger partial charge on any atom is 0.231 e. The molecule has 0 aromatic heterocycles. The standard InChI is InChI=1S/C14H20N2O2/c1-10(2)16(9-14(15)18)8-13(17)12-6-4-11(3)5-7-12/h4-7,10H,8-9H2,1-3H3,(H2,15,18). The van der Waals surface area contributed by atoms with Crippen LogP contribution in [-0.2, 0) is 4.79 Å². The molecule has 0 unspecified atom stereocenters. The second-order valence-electron chi connectivity index (χ2n) is 4.75. The van der Waals surface area contributed by atoms with Crippen molar-refractivity contribution < 1.29 is 9.59 Å². The third kappa shape index (κ3) is 4.30. The average Bonchev–Trinajstić information content (AvgIpc) is 2.28. The van der Waals surface area contributed by atoms with Crippen LogP contribution in [-0.4, -0.2) is 35.7 Å². The van der Waals surface area contributed by atoms with E-state index in [1.165, 1.54) is 0 Å². The van der Waals surface area contributed by atoms with Gasteiger partial charge < -0.3 is 5.73 Å². The van der Waals surface area contributed by atoms with Crippen LogP contribution < -0.4 is 5.73 Å². The number of ketones is 1. The zero-order chi connectivity index (χ0) is 13.7. The lowest BCUT2D eigenvalue weighted by Gasteiger charge is -2.24. The Bertz CT molecular complexity index is 424. The number of carbonyl (C=O) groups is 2. The number of aryl methyl sites for hydroxylation is 1. The number of nitrogens with two attached hydrogens (primary N) is 1. The van der Waals surface area contributed by atoms with Crippen molar-refractivity contribution in [2.24, 2.45) is 5.73 Å². The van der Waals surface area contributed by atoms with Gasteiger partial charge in [-0.2, -0.15) is 0 Å². The van der Waals surface area contributed by atoms with Crippen molar-refractivity contribution in [3.8, 4) is 0 Å². The number of benzene rings is 1. The summed E-state index contributed by atoms with van der Waals surface area (Å²) < 4.78 is 0. The number of nitrogens with zero attached hydrogens (tertiary/aromatic N) is 1. The van der Waals surface area contributed by atoms with Gasteiger partial charge in [0.15, 0.2) is 5.78 Å². The van der Waals surface area contributed by atoms with Crippen LogP contribution in [0.25, 0.3) is 0 Å². The van der Waals surface area contributed by atoms with E-state index in [4.69, 9.17) is 5.73 Å². The molecule has 0 heterocycles. The molecule has 1 aromatic rings. The minimum atomic E-state index is -0.416. The number of rotatable bonds is 6. The zero-order valence-corrected chi connectivity index (χ0v) is 11.1. The van der Waals surface area contributed by atoms with Crippen LogP contribution in [0.3, 0.4) is 0 Å². The molecule has 4 nitrogen and oxygen atoms in total. The quantitative estimate of drug-likeness (QED) is 0.773. The average molecular weight is 248 g/mol. The number of Topliss-reactive ketones (excluding diaryl/α,β-unsaturated/α-hetero) is 1. The number of carbonyl (C=O) groups excluding carboxylic acids is 2. The molecule has 0 aliphatic heterocycles. The maximum absolute atomic E-state index is 12.1. The molecule has 0 aliphatic rings. The van der Waals surface area contributed by atoms with Crippen LogP contribution in [0.15, 0.2) is 24.3 Å². The highest BCUT2D eigenvalue weighted by Crippen LogP contribution is 2.06. The summed E-state index contributed by atoms with van der Waals surface area (Å²) in [5, 5.41) is 0. The molecule has 0 bridgehead atoms. The van der Waals surface area contributed by atoms with Gasteiger partial charge in [-0.25, -0.2) is 0 Å². The fraction of sp³-hybridized carbons (Fsp3) is 0.429. The van der Waals surface area contributed by atoms with Crippen LogP contribution in [0.5, 0.6) is 0 Å². The van der Waals surface area contributed by atoms with Crippen LogP contribution in [0.4, 0.5) is 0 Å². The van der Waals surface area contributed by atoms with Crippen molar-refractivity contribution in [1.29, 1.82) is 0 Å². The van der Waals surface area contributed by atoms with Crippen molar-refractivity contribution >= 4 is 11.7 Å². The topological polar surface area (TPSA) is 63.4 Å². The molecule has 0 atom stereocenters. The van der Waals surface area contributed by atoms with Crippen molar-refractivity contribution in [2.75, 3.05) is 13.1 Å². The summed E-state index contributed by atoms with van der Waals surface area (Å²) >= 11 is 0. The second-order valence-corrected chi connectivity index (χ2v) is 4.75. The Labute approximate surface area is 108 Å². The molecule has 1 amide bonds. The number of primary amides is 1. The Kier molecular flexibility index (Phi) is 5.04. The second kappa shape index (κ2) is 6.31. The number of amides is 1. The largest absolute Gasteiger partial charge is 0.369 e. The highest BCUT2D eigenvalue weighted by molar-refractivity contribution is 5.97. The summed E-state index contributed by atoms with van der Waals surface area (Å²) in [5.41, 5.74) is 6.95. The van der Waals surface area contributed by atoms with E-state index in [0.29, 0.717) is 5.56 Å². The van der Waals surface area contributed by atoms with Gasteiger partial charge in [0, 0.05) is 11.6 Å². The molecule has 0 saturated carbocycles. The smallest absolute Gasteiger partial charge is 0.231 e. The van der Waals surface area contributed by atoms with E-state index >= 15 is 0 Å². The number of hydrogen-bond donors (Lipinski definition) is 1. The van der Waals surface area contributed by atoms with Crippen molar-refractivity contribution in [3.05, 3.63) is 35.4 Å². The molecule has 0 saturated heterocycles. The van der Waals surface area contributed by atoms with E-state index in [1.54, 1.807) is 17.0 Å². The SMILES string of the molecule is Cc1ccc(C(=O)CN(CC(N)=O)C(C)C)cc1. The van der Waals surface area contributed by atoms with Crippen LogP contribution >= 0.6 is 0 Å². The first kappa shape index (κ1) is 14.4. The predicted octanol–water partition coefficient (Wildman–Crippen LogP) is 1.37. The van der Waals surface area contributed by atoms with E-state index < -0.39 is 5.91 Å². The first-order chi connectivity index (χ1) is 8.40. The molecule has 0 radical (unpaired) electrons. The molecule has 98 valence electrons. The Morgan fingerprint density at radius 1 is 1.17 bits per heavy atom. The minimum absolute atomic E-state index is 0.00458. The predicted molar refractivity (Wildman–Crippen MR) is 71.4 cm³/mol. The van der Waals surface area contributed by atoms with Crippen molar-refractivity contribution in [1.82, 2.24) is 4.90 Å². The Balaban J connectivity index is 2.72. The fourth-order valence-electron chi connectivity index (χ4n) is 1.64. The van der Waals surface area contributed by atoms with Gasteiger partial charge in [-0.3, -0.25) is 14.5 Å². The van der Waals surface area contributed by atoms with Gasteiger partial charge in [0.2, 0.25) is 5.91 Å². The Morgan fingerprint density at radius 2 is 1.72 bits per heavy atom. The third-order valence-corrected chi connectivity index (χ3v) is 2.81. The van der Waals surface area contributed by atoms with Crippen molar-refractivity contribution in [3.63, 3.8) is 0 Å². The molecular weight excluding hydrogens is 228 g/mol. The van der Waals surface area contributed by atoms with Gasteiger partial charge in [-0.15, -0.1) is 0 Å². The summed E-state index contributed by atoms with van der Waals surface area (Å²) in [7, 11) is 0. The van der Waals surface area contributed by atoms with Crippen LogP contribution in [0.1, 0.15) is 29.8 Å². The third-order valence-electron chi connectivity index (χ3n) is 2.81. The summed E-state index contributed by atoms with van der Waals surface area (Å²) in [6, 6.07) is 7.52. The lowest BCUT2D eigenvalue weighted by atomic mass is 10.1.